The molecular formula is C18H22O. The number of aliphatic hydroxyl groups is 1. The summed E-state index contributed by atoms with van der Waals surface area (Å²) in [6, 6.07) is 13.1. The fourth-order valence-corrected chi connectivity index (χ4v) is 3.29. The van der Waals surface area contributed by atoms with E-state index in [-0.39, 0.29) is 6.10 Å². The van der Waals surface area contributed by atoms with E-state index in [9.17, 15) is 5.11 Å². The van der Waals surface area contributed by atoms with E-state index in [0.717, 1.165) is 19.3 Å². The van der Waals surface area contributed by atoms with Crippen LogP contribution in [0.3, 0.4) is 0 Å². The Morgan fingerprint density at radius 2 is 1.68 bits per heavy atom. The van der Waals surface area contributed by atoms with Gasteiger partial charge >= 0.3 is 0 Å². The lowest BCUT2D eigenvalue weighted by Gasteiger charge is -2.30. The first-order chi connectivity index (χ1) is 9.28. The number of benzene rings is 2. The van der Waals surface area contributed by atoms with Gasteiger partial charge in [-0.3, -0.25) is 0 Å². The number of unbranched alkanes of at least 4 members (excludes halogenated alkanes) is 1. The van der Waals surface area contributed by atoms with Crippen LogP contribution < -0.4 is 0 Å². The summed E-state index contributed by atoms with van der Waals surface area (Å²) < 4.78 is 0. The first-order valence-electron chi connectivity index (χ1n) is 7.46. The standard InChI is InChI=1S/C18H22O/c1-2-3-6-15-11-16-9-13-7-4-5-8-14(13)10-17(16)12-18(15)19/h4-5,7-10,15,18-19H,2-3,6,11-12H2,1H3. The molecule has 2 aromatic carbocycles. The highest BCUT2D eigenvalue weighted by Crippen LogP contribution is 2.32. The molecule has 0 radical (unpaired) electrons. The zero-order valence-electron chi connectivity index (χ0n) is 11.6. The van der Waals surface area contributed by atoms with Gasteiger partial charge in [-0.25, -0.2) is 0 Å². The van der Waals surface area contributed by atoms with E-state index in [4.69, 9.17) is 0 Å². The Kier molecular flexibility index (Phi) is 3.56. The minimum atomic E-state index is -0.153. The second kappa shape index (κ2) is 5.34. The Hall–Kier alpha value is -1.34. The molecule has 0 saturated carbocycles. The van der Waals surface area contributed by atoms with Crippen molar-refractivity contribution < 1.29 is 5.11 Å². The smallest absolute Gasteiger partial charge is 0.0611 e. The molecule has 2 aromatic rings. The zero-order chi connectivity index (χ0) is 13.2. The van der Waals surface area contributed by atoms with Crippen molar-refractivity contribution in [1.82, 2.24) is 0 Å². The topological polar surface area (TPSA) is 20.2 Å². The minimum Gasteiger partial charge on any atom is -0.392 e. The van der Waals surface area contributed by atoms with Crippen LogP contribution in [0.4, 0.5) is 0 Å². The molecule has 1 nitrogen and oxygen atoms in total. The van der Waals surface area contributed by atoms with Crippen LogP contribution in [0.5, 0.6) is 0 Å². The molecule has 0 amide bonds. The lowest BCUT2D eigenvalue weighted by atomic mass is 9.78. The van der Waals surface area contributed by atoms with Gasteiger partial charge in [-0.05, 0) is 47.1 Å². The van der Waals surface area contributed by atoms with Crippen molar-refractivity contribution in [2.24, 2.45) is 5.92 Å². The third-order valence-electron chi connectivity index (χ3n) is 4.45. The second-order valence-corrected chi connectivity index (χ2v) is 5.85. The maximum atomic E-state index is 10.3. The van der Waals surface area contributed by atoms with Crippen molar-refractivity contribution in [1.29, 1.82) is 0 Å². The van der Waals surface area contributed by atoms with Gasteiger partial charge in [0.2, 0.25) is 0 Å². The molecule has 1 aliphatic rings. The monoisotopic (exact) mass is 254 g/mol. The van der Waals surface area contributed by atoms with Crippen molar-refractivity contribution in [2.75, 3.05) is 0 Å². The molecule has 3 rings (SSSR count). The molecule has 2 atom stereocenters. The van der Waals surface area contributed by atoms with Gasteiger partial charge in [-0.1, -0.05) is 56.2 Å². The molecule has 100 valence electrons. The summed E-state index contributed by atoms with van der Waals surface area (Å²) in [5.41, 5.74) is 2.80. The first-order valence-corrected chi connectivity index (χ1v) is 7.46. The quantitative estimate of drug-likeness (QED) is 0.874. The van der Waals surface area contributed by atoms with Gasteiger partial charge < -0.3 is 5.11 Å². The number of aliphatic hydroxyl groups excluding tert-OH is 1. The van der Waals surface area contributed by atoms with Crippen molar-refractivity contribution >= 4 is 10.8 Å². The van der Waals surface area contributed by atoms with Crippen LogP contribution in [0.2, 0.25) is 0 Å². The molecule has 0 bridgehead atoms. The Bertz CT molecular complexity index is 573. The summed E-state index contributed by atoms with van der Waals surface area (Å²) in [6.45, 7) is 2.22. The van der Waals surface area contributed by atoms with Crippen molar-refractivity contribution in [3.8, 4) is 0 Å². The molecule has 0 aliphatic heterocycles. The largest absolute Gasteiger partial charge is 0.392 e. The number of hydrogen-bond acceptors (Lipinski definition) is 1. The van der Waals surface area contributed by atoms with Crippen LogP contribution in [0.15, 0.2) is 36.4 Å². The summed E-state index contributed by atoms with van der Waals surface area (Å²) in [6.07, 6.45) is 5.32. The van der Waals surface area contributed by atoms with E-state index in [2.05, 4.69) is 43.3 Å². The van der Waals surface area contributed by atoms with Crippen LogP contribution in [-0.2, 0) is 12.8 Å². The van der Waals surface area contributed by atoms with E-state index in [1.165, 1.54) is 34.7 Å². The maximum absolute atomic E-state index is 10.3. The molecule has 0 saturated heterocycles. The average molecular weight is 254 g/mol. The van der Waals surface area contributed by atoms with Crippen molar-refractivity contribution in [3.63, 3.8) is 0 Å². The zero-order valence-corrected chi connectivity index (χ0v) is 11.6. The Balaban J connectivity index is 1.92. The molecule has 0 heterocycles. The molecule has 2 unspecified atom stereocenters. The third kappa shape index (κ3) is 2.52. The molecule has 1 aliphatic carbocycles. The van der Waals surface area contributed by atoms with Crippen LogP contribution in [0.1, 0.15) is 37.3 Å². The highest BCUT2D eigenvalue weighted by Gasteiger charge is 2.26. The van der Waals surface area contributed by atoms with Gasteiger partial charge in [-0.2, -0.15) is 0 Å². The number of hydrogen-bond donors (Lipinski definition) is 1. The van der Waals surface area contributed by atoms with E-state index < -0.39 is 0 Å². The van der Waals surface area contributed by atoms with Crippen LogP contribution in [0, 0.1) is 5.92 Å². The van der Waals surface area contributed by atoms with Crippen molar-refractivity contribution in [3.05, 3.63) is 47.5 Å². The normalized spacial score (nSPS) is 22.4. The molecule has 1 heteroatoms. The van der Waals surface area contributed by atoms with Gasteiger partial charge in [0.05, 0.1) is 6.10 Å². The summed E-state index contributed by atoms with van der Waals surface area (Å²) >= 11 is 0. The third-order valence-corrected chi connectivity index (χ3v) is 4.45. The van der Waals surface area contributed by atoms with E-state index in [1.807, 2.05) is 0 Å². The fraction of sp³-hybridized carbons (Fsp3) is 0.444. The van der Waals surface area contributed by atoms with Gasteiger partial charge in [0.15, 0.2) is 0 Å². The molecule has 1 N–H and O–H groups in total. The Morgan fingerprint density at radius 3 is 2.32 bits per heavy atom. The lowest BCUT2D eigenvalue weighted by Crippen LogP contribution is -2.30. The summed E-state index contributed by atoms with van der Waals surface area (Å²) in [7, 11) is 0. The Labute approximate surface area is 115 Å². The average Bonchev–Trinajstić information content (AvgIpc) is 2.43. The van der Waals surface area contributed by atoms with Crippen LogP contribution >= 0.6 is 0 Å². The summed E-state index contributed by atoms with van der Waals surface area (Å²) in [5.74, 6) is 0.452. The van der Waals surface area contributed by atoms with E-state index >= 15 is 0 Å². The molecule has 0 fully saturated rings. The number of fused-ring (bicyclic) bond motifs is 2. The summed E-state index contributed by atoms with van der Waals surface area (Å²) in [5, 5.41) is 12.9. The van der Waals surface area contributed by atoms with Gasteiger partial charge in [0.1, 0.15) is 0 Å². The van der Waals surface area contributed by atoms with Gasteiger partial charge in [0.25, 0.3) is 0 Å². The predicted molar refractivity (Wildman–Crippen MR) is 80.4 cm³/mol. The summed E-state index contributed by atoms with van der Waals surface area (Å²) in [4.78, 5) is 0. The highest BCUT2D eigenvalue weighted by molar-refractivity contribution is 5.84. The minimum absolute atomic E-state index is 0.153. The second-order valence-electron chi connectivity index (χ2n) is 5.85. The lowest BCUT2D eigenvalue weighted by molar-refractivity contribution is 0.0933. The fourth-order valence-electron chi connectivity index (χ4n) is 3.29. The van der Waals surface area contributed by atoms with Crippen LogP contribution in [-0.4, -0.2) is 11.2 Å². The molecule has 0 spiro atoms. The Morgan fingerprint density at radius 1 is 1.05 bits per heavy atom. The molecule has 0 aromatic heterocycles. The van der Waals surface area contributed by atoms with Crippen LogP contribution in [0.25, 0.3) is 10.8 Å². The molecule has 19 heavy (non-hydrogen) atoms. The number of rotatable bonds is 3. The van der Waals surface area contributed by atoms with Crippen molar-refractivity contribution in [2.45, 2.75) is 45.1 Å². The van der Waals surface area contributed by atoms with Gasteiger partial charge in [-0.15, -0.1) is 0 Å². The molecular weight excluding hydrogens is 232 g/mol. The maximum Gasteiger partial charge on any atom is 0.0611 e. The SMILES string of the molecule is CCCCC1Cc2cc3ccccc3cc2CC1O. The van der Waals surface area contributed by atoms with Gasteiger partial charge in [0, 0.05) is 0 Å². The van der Waals surface area contributed by atoms with E-state index in [1.54, 1.807) is 0 Å². The first kappa shape index (κ1) is 12.7. The van der Waals surface area contributed by atoms with E-state index in [0.29, 0.717) is 5.92 Å². The highest BCUT2D eigenvalue weighted by atomic mass is 16.3. The predicted octanol–water partition coefficient (Wildman–Crippen LogP) is 4.11.